The van der Waals surface area contributed by atoms with E-state index >= 15 is 0 Å². The second kappa shape index (κ2) is 7.16. The van der Waals surface area contributed by atoms with E-state index in [4.69, 9.17) is 21.1 Å². The molecule has 130 valence electrons. The third-order valence-corrected chi connectivity index (χ3v) is 3.76. The lowest BCUT2D eigenvalue weighted by Gasteiger charge is -2.09. The molecule has 25 heavy (non-hydrogen) atoms. The summed E-state index contributed by atoms with van der Waals surface area (Å²) in [6.45, 7) is 0.289. The topological polar surface area (TPSA) is 64.2 Å². The highest BCUT2D eigenvalue weighted by Crippen LogP contribution is 2.27. The molecular formula is C17H13ClF2N2O3. The van der Waals surface area contributed by atoms with Crippen LogP contribution in [0.1, 0.15) is 15.9 Å². The number of carbonyl (C=O) groups is 1. The van der Waals surface area contributed by atoms with Crippen LogP contribution in [0.15, 0.2) is 30.6 Å². The molecule has 0 spiro atoms. The van der Waals surface area contributed by atoms with Crippen LogP contribution in [-0.2, 0) is 4.74 Å². The van der Waals surface area contributed by atoms with Crippen molar-refractivity contribution in [1.29, 1.82) is 0 Å². The van der Waals surface area contributed by atoms with Gasteiger partial charge in [-0.25, -0.2) is 13.8 Å². The Kier molecular flexibility index (Phi) is 4.96. The summed E-state index contributed by atoms with van der Waals surface area (Å²) in [6, 6.07) is 3.19. The number of methoxy groups -OCH3 is 1. The molecule has 5 nitrogen and oxygen atoms in total. The zero-order chi connectivity index (χ0) is 18.0. The molecule has 1 aromatic carbocycles. The smallest absolute Gasteiger partial charge is 0.198 e. The number of hydrogen-bond acceptors (Lipinski definition) is 4. The van der Waals surface area contributed by atoms with Gasteiger partial charge in [-0.05, 0) is 12.1 Å². The van der Waals surface area contributed by atoms with E-state index in [1.807, 2.05) is 0 Å². The van der Waals surface area contributed by atoms with Crippen molar-refractivity contribution in [1.82, 2.24) is 9.97 Å². The monoisotopic (exact) mass is 366 g/mol. The highest BCUT2D eigenvalue weighted by Gasteiger charge is 2.21. The first kappa shape index (κ1) is 17.3. The minimum Gasteiger partial charge on any atom is -0.488 e. The lowest BCUT2D eigenvalue weighted by Crippen LogP contribution is -2.09. The average molecular weight is 367 g/mol. The number of ketones is 1. The molecule has 2 aromatic heterocycles. The van der Waals surface area contributed by atoms with Gasteiger partial charge >= 0.3 is 0 Å². The lowest BCUT2D eigenvalue weighted by atomic mass is 10.0. The molecule has 0 bridgehead atoms. The SMILES string of the molecule is COCCOc1cc(F)c(C(=O)c2c[nH]c3ncc(Cl)cc23)cc1F. The maximum absolute atomic E-state index is 14.3. The molecule has 0 aliphatic carbocycles. The largest absolute Gasteiger partial charge is 0.488 e. The molecule has 0 saturated heterocycles. The fraction of sp³-hybridized carbons (Fsp3) is 0.176. The Labute approximate surface area is 146 Å². The molecule has 2 heterocycles. The number of aromatic nitrogens is 2. The average Bonchev–Trinajstić information content (AvgIpc) is 3.00. The molecule has 3 rings (SSSR count). The molecule has 1 N–H and O–H groups in total. The van der Waals surface area contributed by atoms with Crippen molar-refractivity contribution in [3.05, 3.63) is 58.4 Å². The zero-order valence-electron chi connectivity index (χ0n) is 13.1. The second-order valence-electron chi connectivity index (χ2n) is 5.18. The summed E-state index contributed by atoms with van der Waals surface area (Å²) in [5.74, 6) is -2.69. The van der Waals surface area contributed by atoms with Crippen molar-refractivity contribution in [2.75, 3.05) is 20.3 Å². The molecule has 0 atom stereocenters. The first-order chi connectivity index (χ1) is 12.0. The van der Waals surface area contributed by atoms with E-state index in [9.17, 15) is 13.6 Å². The van der Waals surface area contributed by atoms with Crippen LogP contribution in [0.3, 0.4) is 0 Å². The maximum Gasteiger partial charge on any atom is 0.198 e. The number of halogens is 3. The molecule has 0 saturated carbocycles. The van der Waals surface area contributed by atoms with Gasteiger partial charge < -0.3 is 14.5 Å². The predicted molar refractivity (Wildman–Crippen MR) is 88.3 cm³/mol. The number of nitrogens with one attached hydrogen (secondary N) is 1. The normalized spacial score (nSPS) is 11.0. The Morgan fingerprint density at radius 1 is 1.20 bits per heavy atom. The summed E-state index contributed by atoms with van der Waals surface area (Å²) in [5.41, 5.74) is 0.168. The standard InChI is InChI=1S/C17H13ClF2N2O3/c1-24-2-3-25-15-6-13(19)11(5-14(15)20)16(23)12-8-22-17-10(12)4-9(18)7-21-17/h4-8H,2-3H2,1H3,(H,21,22). The van der Waals surface area contributed by atoms with Crippen molar-refractivity contribution in [3.8, 4) is 5.75 Å². The Hall–Kier alpha value is -2.51. The van der Waals surface area contributed by atoms with E-state index in [0.29, 0.717) is 16.1 Å². The summed E-state index contributed by atoms with van der Waals surface area (Å²) in [5, 5.41) is 0.757. The fourth-order valence-corrected chi connectivity index (χ4v) is 2.52. The second-order valence-corrected chi connectivity index (χ2v) is 5.62. The first-order valence-corrected chi connectivity index (χ1v) is 7.67. The highest BCUT2D eigenvalue weighted by atomic mass is 35.5. The van der Waals surface area contributed by atoms with Crippen LogP contribution in [-0.4, -0.2) is 36.1 Å². The van der Waals surface area contributed by atoms with E-state index < -0.39 is 23.0 Å². The number of aromatic amines is 1. The summed E-state index contributed by atoms with van der Waals surface area (Å²) >= 11 is 5.89. The van der Waals surface area contributed by atoms with Crippen molar-refractivity contribution >= 4 is 28.4 Å². The number of rotatable bonds is 6. The quantitative estimate of drug-likeness (QED) is 0.533. The van der Waals surface area contributed by atoms with E-state index in [1.165, 1.54) is 25.6 Å². The summed E-state index contributed by atoms with van der Waals surface area (Å²) in [7, 11) is 1.46. The Balaban J connectivity index is 1.96. The van der Waals surface area contributed by atoms with Gasteiger partial charge in [0.15, 0.2) is 17.3 Å². The number of carbonyl (C=O) groups excluding carboxylic acids is 1. The predicted octanol–water partition coefficient (Wildman–Crippen LogP) is 3.75. The lowest BCUT2D eigenvalue weighted by molar-refractivity contribution is 0.103. The van der Waals surface area contributed by atoms with Gasteiger partial charge in [0.2, 0.25) is 0 Å². The number of fused-ring (bicyclic) bond motifs is 1. The van der Waals surface area contributed by atoms with Crippen LogP contribution in [0.25, 0.3) is 11.0 Å². The minimum atomic E-state index is -0.886. The Morgan fingerprint density at radius 3 is 2.76 bits per heavy atom. The molecule has 0 aliphatic rings. The third kappa shape index (κ3) is 3.47. The van der Waals surface area contributed by atoms with Crippen molar-refractivity contribution in [3.63, 3.8) is 0 Å². The van der Waals surface area contributed by atoms with Crippen LogP contribution in [0, 0.1) is 11.6 Å². The van der Waals surface area contributed by atoms with Gasteiger partial charge in [-0.1, -0.05) is 11.6 Å². The van der Waals surface area contributed by atoms with Gasteiger partial charge in [-0.2, -0.15) is 0 Å². The fourth-order valence-electron chi connectivity index (χ4n) is 2.36. The van der Waals surface area contributed by atoms with Gasteiger partial charge in [-0.3, -0.25) is 4.79 Å². The Morgan fingerprint density at radius 2 is 2.00 bits per heavy atom. The molecule has 0 aliphatic heterocycles. The first-order valence-electron chi connectivity index (χ1n) is 7.29. The summed E-state index contributed by atoms with van der Waals surface area (Å²) in [4.78, 5) is 19.5. The van der Waals surface area contributed by atoms with Gasteiger partial charge in [0.05, 0.1) is 17.2 Å². The van der Waals surface area contributed by atoms with E-state index in [-0.39, 0.29) is 24.5 Å². The summed E-state index contributed by atoms with van der Waals surface area (Å²) in [6.07, 6.45) is 2.80. The van der Waals surface area contributed by atoms with Crippen LogP contribution < -0.4 is 4.74 Å². The number of pyridine rings is 1. The van der Waals surface area contributed by atoms with Crippen LogP contribution >= 0.6 is 11.6 Å². The van der Waals surface area contributed by atoms with Crippen LogP contribution in [0.4, 0.5) is 8.78 Å². The number of H-pyrrole nitrogens is 1. The Bertz CT molecular complexity index is 943. The molecular weight excluding hydrogens is 354 g/mol. The number of benzene rings is 1. The third-order valence-electron chi connectivity index (χ3n) is 3.55. The molecule has 0 unspecified atom stereocenters. The van der Waals surface area contributed by atoms with Gasteiger partial charge in [0, 0.05) is 36.5 Å². The van der Waals surface area contributed by atoms with Gasteiger partial charge in [-0.15, -0.1) is 0 Å². The van der Waals surface area contributed by atoms with Gasteiger partial charge in [0.1, 0.15) is 18.1 Å². The molecule has 8 heteroatoms. The zero-order valence-corrected chi connectivity index (χ0v) is 13.9. The molecule has 0 amide bonds. The van der Waals surface area contributed by atoms with Crippen molar-refractivity contribution < 1.29 is 23.0 Å². The number of ether oxygens (including phenoxy) is 2. The summed E-state index contributed by atoms with van der Waals surface area (Å²) < 4.78 is 38.3. The molecule has 0 fully saturated rings. The van der Waals surface area contributed by atoms with Gasteiger partial charge in [0.25, 0.3) is 0 Å². The number of hydrogen-bond donors (Lipinski definition) is 1. The number of nitrogens with zero attached hydrogens (tertiary/aromatic N) is 1. The van der Waals surface area contributed by atoms with Crippen LogP contribution in [0.2, 0.25) is 5.02 Å². The maximum atomic E-state index is 14.3. The highest BCUT2D eigenvalue weighted by molar-refractivity contribution is 6.31. The van der Waals surface area contributed by atoms with Crippen molar-refractivity contribution in [2.24, 2.45) is 0 Å². The van der Waals surface area contributed by atoms with E-state index in [0.717, 1.165) is 12.1 Å². The van der Waals surface area contributed by atoms with E-state index in [1.54, 1.807) is 0 Å². The molecule has 3 aromatic rings. The van der Waals surface area contributed by atoms with Crippen molar-refractivity contribution in [2.45, 2.75) is 0 Å². The molecule has 0 radical (unpaired) electrons. The van der Waals surface area contributed by atoms with E-state index in [2.05, 4.69) is 9.97 Å². The minimum absolute atomic E-state index is 0.0623. The van der Waals surface area contributed by atoms with Crippen LogP contribution in [0.5, 0.6) is 5.75 Å².